The molecule has 1 aliphatic carbocycles. The van der Waals surface area contributed by atoms with E-state index in [1.807, 2.05) is 6.92 Å². The van der Waals surface area contributed by atoms with Crippen LogP contribution in [0.3, 0.4) is 0 Å². The summed E-state index contributed by atoms with van der Waals surface area (Å²) in [5.74, 6) is 0.615. The Labute approximate surface area is 74.9 Å². The van der Waals surface area contributed by atoms with Crippen LogP contribution in [0.5, 0.6) is 0 Å². The van der Waals surface area contributed by atoms with Crippen molar-refractivity contribution < 1.29 is 9.84 Å². The second-order valence-corrected chi connectivity index (χ2v) is 3.57. The van der Waals surface area contributed by atoms with Gasteiger partial charge in [0.15, 0.2) is 0 Å². The van der Waals surface area contributed by atoms with Gasteiger partial charge in [-0.25, -0.2) is 0 Å². The number of hydrogen-bond donors (Lipinski definition) is 1. The van der Waals surface area contributed by atoms with Crippen LogP contribution in [0.2, 0.25) is 0 Å². The number of ether oxygens (including phenoxy) is 1. The van der Waals surface area contributed by atoms with Gasteiger partial charge in [0.1, 0.15) is 0 Å². The zero-order valence-corrected chi connectivity index (χ0v) is 7.96. The topological polar surface area (TPSA) is 29.5 Å². The van der Waals surface area contributed by atoms with Crippen LogP contribution in [0.4, 0.5) is 0 Å². The van der Waals surface area contributed by atoms with Crippen LogP contribution >= 0.6 is 0 Å². The van der Waals surface area contributed by atoms with E-state index in [1.54, 1.807) is 0 Å². The fourth-order valence-electron chi connectivity index (χ4n) is 2.06. The largest absolute Gasteiger partial charge is 0.394 e. The summed E-state index contributed by atoms with van der Waals surface area (Å²) in [6.45, 7) is 2.91. The SMILES string of the molecule is CCOC(CO)C1CCCCC1. The summed E-state index contributed by atoms with van der Waals surface area (Å²) < 4.78 is 5.48. The third kappa shape index (κ3) is 2.76. The van der Waals surface area contributed by atoms with E-state index in [9.17, 15) is 0 Å². The minimum Gasteiger partial charge on any atom is -0.394 e. The van der Waals surface area contributed by atoms with Gasteiger partial charge in [-0.2, -0.15) is 0 Å². The number of aliphatic hydroxyl groups excluding tert-OH is 1. The molecular formula is C10H20O2. The quantitative estimate of drug-likeness (QED) is 0.702. The molecule has 72 valence electrons. The highest BCUT2D eigenvalue weighted by molar-refractivity contribution is 4.73. The first-order valence-corrected chi connectivity index (χ1v) is 5.11. The van der Waals surface area contributed by atoms with Crippen LogP contribution in [0.15, 0.2) is 0 Å². The first-order chi connectivity index (χ1) is 5.88. The molecule has 1 fully saturated rings. The van der Waals surface area contributed by atoms with Crippen molar-refractivity contribution in [2.24, 2.45) is 5.92 Å². The van der Waals surface area contributed by atoms with Crippen molar-refractivity contribution in [3.63, 3.8) is 0 Å². The van der Waals surface area contributed by atoms with Crippen LogP contribution in [0.1, 0.15) is 39.0 Å². The molecule has 0 spiro atoms. The summed E-state index contributed by atoms with van der Waals surface area (Å²) in [6.07, 6.45) is 6.58. The molecule has 2 nitrogen and oxygen atoms in total. The summed E-state index contributed by atoms with van der Waals surface area (Å²) in [7, 11) is 0. The Hall–Kier alpha value is -0.0800. The fourth-order valence-corrected chi connectivity index (χ4v) is 2.06. The minimum atomic E-state index is 0.107. The molecule has 1 rings (SSSR count). The first-order valence-electron chi connectivity index (χ1n) is 5.11. The van der Waals surface area contributed by atoms with Gasteiger partial charge in [-0.05, 0) is 25.7 Å². The summed E-state index contributed by atoms with van der Waals surface area (Å²) in [5.41, 5.74) is 0. The zero-order chi connectivity index (χ0) is 8.81. The summed E-state index contributed by atoms with van der Waals surface area (Å²) in [6, 6.07) is 0. The zero-order valence-electron chi connectivity index (χ0n) is 7.96. The number of aliphatic hydroxyl groups is 1. The van der Waals surface area contributed by atoms with Gasteiger partial charge in [-0.3, -0.25) is 0 Å². The van der Waals surface area contributed by atoms with Gasteiger partial charge < -0.3 is 9.84 Å². The molecule has 1 saturated carbocycles. The predicted octanol–water partition coefficient (Wildman–Crippen LogP) is 1.96. The summed E-state index contributed by atoms with van der Waals surface area (Å²) >= 11 is 0. The van der Waals surface area contributed by atoms with Crippen LogP contribution < -0.4 is 0 Å². The first kappa shape index (κ1) is 10.0. The second-order valence-electron chi connectivity index (χ2n) is 3.57. The lowest BCUT2D eigenvalue weighted by molar-refractivity contribution is -0.0270. The van der Waals surface area contributed by atoms with Gasteiger partial charge in [0.25, 0.3) is 0 Å². The molecule has 0 aromatic carbocycles. The molecule has 0 aromatic rings. The van der Waals surface area contributed by atoms with E-state index in [1.165, 1.54) is 32.1 Å². The lowest BCUT2D eigenvalue weighted by atomic mass is 9.85. The van der Waals surface area contributed by atoms with Crippen molar-refractivity contribution in [1.82, 2.24) is 0 Å². The van der Waals surface area contributed by atoms with Crippen molar-refractivity contribution in [2.45, 2.75) is 45.1 Å². The van der Waals surface area contributed by atoms with E-state index in [0.717, 1.165) is 6.61 Å². The third-order valence-electron chi connectivity index (χ3n) is 2.74. The number of rotatable bonds is 4. The Morgan fingerprint density at radius 1 is 1.33 bits per heavy atom. The molecule has 1 unspecified atom stereocenters. The molecule has 12 heavy (non-hydrogen) atoms. The fraction of sp³-hybridized carbons (Fsp3) is 1.00. The predicted molar refractivity (Wildman–Crippen MR) is 49.1 cm³/mol. The molecule has 1 atom stereocenters. The standard InChI is InChI=1S/C10H20O2/c1-2-12-10(8-11)9-6-4-3-5-7-9/h9-11H,2-8H2,1H3. The Morgan fingerprint density at radius 3 is 2.50 bits per heavy atom. The Kier molecular flexibility index (Phi) is 4.62. The average Bonchev–Trinajstić information content (AvgIpc) is 2.15. The highest BCUT2D eigenvalue weighted by atomic mass is 16.5. The van der Waals surface area contributed by atoms with Crippen molar-refractivity contribution in [3.05, 3.63) is 0 Å². The highest BCUT2D eigenvalue weighted by Crippen LogP contribution is 2.27. The Bertz CT molecular complexity index is 106. The Balaban J connectivity index is 2.29. The average molecular weight is 172 g/mol. The maximum absolute atomic E-state index is 9.08. The third-order valence-corrected chi connectivity index (χ3v) is 2.74. The molecule has 0 radical (unpaired) electrons. The Morgan fingerprint density at radius 2 is 2.00 bits per heavy atom. The van der Waals surface area contributed by atoms with Crippen LogP contribution in [-0.2, 0) is 4.74 Å². The monoisotopic (exact) mass is 172 g/mol. The van der Waals surface area contributed by atoms with E-state index in [4.69, 9.17) is 9.84 Å². The van der Waals surface area contributed by atoms with Gasteiger partial charge in [-0.15, -0.1) is 0 Å². The van der Waals surface area contributed by atoms with Crippen molar-refractivity contribution in [3.8, 4) is 0 Å². The second kappa shape index (κ2) is 5.55. The molecule has 0 amide bonds. The molecule has 0 aliphatic heterocycles. The van der Waals surface area contributed by atoms with Crippen molar-refractivity contribution in [2.75, 3.05) is 13.2 Å². The lowest BCUT2D eigenvalue weighted by Gasteiger charge is -2.28. The summed E-state index contributed by atoms with van der Waals surface area (Å²) in [5, 5.41) is 9.08. The van der Waals surface area contributed by atoms with Crippen molar-refractivity contribution in [1.29, 1.82) is 0 Å². The normalized spacial score (nSPS) is 22.5. The molecule has 1 aliphatic rings. The van der Waals surface area contributed by atoms with E-state index >= 15 is 0 Å². The van der Waals surface area contributed by atoms with Crippen LogP contribution in [0, 0.1) is 5.92 Å². The maximum atomic E-state index is 9.08. The summed E-state index contributed by atoms with van der Waals surface area (Å²) in [4.78, 5) is 0. The van der Waals surface area contributed by atoms with Crippen molar-refractivity contribution >= 4 is 0 Å². The molecule has 2 heteroatoms. The van der Waals surface area contributed by atoms with Gasteiger partial charge in [0.2, 0.25) is 0 Å². The maximum Gasteiger partial charge on any atom is 0.0833 e. The van der Waals surface area contributed by atoms with Crippen LogP contribution in [0.25, 0.3) is 0 Å². The molecular weight excluding hydrogens is 152 g/mol. The van der Waals surface area contributed by atoms with Crippen LogP contribution in [-0.4, -0.2) is 24.4 Å². The molecule has 0 aromatic heterocycles. The van der Waals surface area contributed by atoms with E-state index in [2.05, 4.69) is 0 Å². The van der Waals surface area contributed by atoms with Gasteiger partial charge in [0, 0.05) is 6.61 Å². The number of hydrogen-bond acceptors (Lipinski definition) is 2. The molecule has 0 heterocycles. The smallest absolute Gasteiger partial charge is 0.0833 e. The molecule has 1 N–H and O–H groups in total. The van der Waals surface area contributed by atoms with E-state index in [0.29, 0.717) is 5.92 Å². The minimum absolute atomic E-state index is 0.107. The molecule has 0 saturated heterocycles. The van der Waals surface area contributed by atoms with Gasteiger partial charge in [-0.1, -0.05) is 19.3 Å². The van der Waals surface area contributed by atoms with Gasteiger partial charge >= 0.3 is 0 Å². The lowest BCUT2D eigenvalue weighted by Crippen LogP contribution is -2.29. The van der Waals surface area contributed by atoms with E-state index in [-0.39, 0.29) is 12.7 Å². The highest BCUT2D eigenvalue weighted by Gasteiger charge is 2.22. The van der Waals surface area contributed by atoms with Gasteiger partial charge in [0.05, 0.1) is 12.7 Å². The van der Waals surface area contributed by atoms with E-state index < -0.39 is 0 Å². The molecule has 0 bridgehead atoms.